The highest BCUT2D eigenvalue weighted by molar-refractivity contribution is 6.25. The number of amidine groups is 1. The number of pyridine rings is 1. The second-order valence-corrected chi connectivity index (χ2v) is 5.03. The average Bonchev–Trinajstić information content (AvgIpc) is 2.47. The Labute approximate surface area is 129 Å². The number of allylic oxidation sites excluding steroid dienone is 2. The van der Waals surface area contributed by atoms with Gasteiger partial charge in [-0.3, -0.25) is 4.79 Å². The molecule has 6 heteroatoms. The van der Waals surface area contributed by atoms with E-state index in [9.17, 15) is 4.79 Å². The van der Waals surface area contributed by atoms with Gasteiger partial charge in [0.05, 0.1) is 11.3 Å². The third kappa shape index (κ3) is 3.22. The van der Waals surface area contributed by atoms with E-state index in [4.69, 9.17) is 5.73 Å². The van der Waals surface area contributed by atoms with Crippen LogP contribution in [0.2, 0.25) is 0 Å². The van der Waals surface area contributed by atoms with Gasteiger partial charge in [0.1, 0.15) is 11.7 Å². The Bertz CT molecular complexity index is 698. The van der Waals surface area contributed by atoms with Gasteiger partial charge >= 0.3 is 0 Å². The zero-order valence-corrected chi connectivity index (χ0v) is 12.9. The number of aryl methyl sites for hydroxylation is 1. The molecule has 6 nitrogen and oxygen atoms in total. The number of aromatic nitrogens is 1. The number of rotatable bonds is 3. The van der Waals surface area contributed by atoms with E-state index < -0.39 is 0 Å². The second-order valence-electron chi connectivity index (χ2n) is 5.03. The van der Waals surface area contributed by atoms with Crippen LogP contribution in [0.15, 0.2) is 59.1 Å². The van der Waals surface area contributed by atoms with E-state index in [1.165, 1.54) is 6.20 Å². The van der Waals surface area contributed by atoms with Crippen LogP contribution in [-0.4, -0.2) is 28.7 Å². The Balaban J connectivity index is 2.23. The van der Waals surface area contributed by atoms with Crippen molar-refractivity contribution in [1.29, 1.82) is 0 Å². The summed E-state index contributed by atoms with van der Waals surface area (Å²) >= 11 is 0. The lowest BCUT2D eigenvalue weighted by molar-refractivity contribution is -0.112. The summed E-state index contributed by atoms with van der Waals surface area (Å²) in [6.45, 7) is 7.65. The monoisotopic (exact) mass is 297 g/mol. The van der Waals surface area contributed by atoms with Gasteiger partial charge in [-0.2, -0.15) is 0 Å². The van der Waals surface area contributed by atoms with Crippen LogP contribution in [0.25, 0.3) is 0 Å². The highest BCUT2D eigenvalue weighted by atomic mass is 16.1. The molecule has 22 heavy (non-hydrogen) atoms. The van der Waals surface area contributed by atoms with Gasteiger partial charge in [-0.25, -0.2) is 9.98 Å². The number of likely N-dealkylation sites (N-methyl/N-ethyl adjacent to an activating group) is 1. The standard InChI is InChI=1S/C16H19N5O/c1-10-5-6-14(18-9-10)20-16(22)13(8-17)15-19-11(2)7-12(3)21(15)4/h5-9H,2,17H2,1,3-4H3,(H,18,20,22). The minimum atomic E-state index is -0.369. The maximum Gasteiger partial charge on any atom is 0.262 e. The summed E-state index contributed by atoms with van der Waals surface area (Å²) < 4.78 is 0. The third-order valence-corrected chi connectivity index (χ3v) is 3.28. The number of carbonyl (C=O) groups excluding carboxylic acids is 1. The molecule has 2 heterocycles. The molecular formula is C16H19N5O. The summed E-state index contributed by atoms with van der Waals surface area (Å²) in [5.41, 5.74) is 8.41. The zero-order chi connectivity index (χ0) is 16.3. The SMILES string of the molecule is C=C1C=C(C)N(C)C(C(=CN)C(=O)Nc2ccc(C)cn2)=N1. The summed E-state index contributed by atoms with van der Waals surface area (Å²) in [6.07, 6.45) is 4.75. The van der Waals surface area contributed by atoms with E-state index in [-0.39, 0.29) is 11.5 Å². The molecule has 1 aliphatic rings. The molecule has 0 radical (unpaired) electrons. The molecule has 3 N–H and O–H groups in total. The van der Waals surface area contributed by atoms with Crippen molar-refractivity contribution in [3.8, 4) is 0 Å². The first-order valence-corrected chi connectivity index (χ1v) is 6.78. The van der Waals surface area contributed by atoms with E-state index >= 15 is 0 Å². The highest BCUT2D eigenvalue weighted by Gasteiger charge is 2.23. The number of nitrogens with one attached hydrogen (secondary N) is 1. The van der Waals surface area contributed by atoms with E-state index in [1.54, 1.807) is 17.2 Å². The fourth-order valence-electron chi connectivity index (χ4n) is 1.97. The van der Waals surface area contributed by atoms with Gasteiger partial charge < -0.3 is 16.0 Å². The quantitative estimate of drug-likeness (QED) is 0.835. The van der Waals surface area contributed by atoms with Gasteiger partial charge in [-0.05, 0) is 31.6 Å². The summed E-state index contributed by atoms with van der Waals surface area (Å²) in [7, 11) is 1.82. The van der Waals surface area contributed by atoms with Gasteiger partial charge in [0, 0.05) is 25.1 Å². The smallest absolute Gasteiger partial charge is 0.262 e. The fourth-order valence-corrected chi connectivity index (χ4v) is 1.97. The molecule has 1 aromatic rings. The van der Waals surface area contributed by atoms with Crippen LogP contribution in [0.4, 0.5) is 5.82 Å². The Kier molecular flexibility index (Phi) is 4.41. The summed E-state index contributed by atoms with van der Waals surface area (Å²) in [5, 5.41) is 2.71. The Hall–Kier alpha value is -2.89. The van der Waals surface area contributed by atoms with Crippen LogP contribution in [0, 0.1) is 6.92 Å². The maximum absolute atomic E-state index is 12.4. The van der Waals surface area contributed by atoms with Crippen LogP contribution in [0.5, 0.6) is 0 Å². The maximum atomic E-state index is 12.4. The molecule has 0 aliphatic carbocycles. The van der Waals surface area contributed by atoms with Crippen LogP contribution in [-0.2, 0) is 4.79 Å². The lowest BCUT2D eigenvalue weighted by Gasteiger charge is -2.26. The second kappa shape index (κ2) is 6.26. The number of hydrogen-bond acceptors (Lipinski definition) is 5. The van der Waals surface area contributed by atoms with Crippen molar-refractivity contribution in [3.05, 3.63) is 59.7 Å². The van der Waals surface area contributed by atoms with Gasteiger partial charge in [0.2, 0.25) is 0 Å². The first-order valence-electron chi connectivity index (χ1n) is 6.78. The van der Waals surface area contributed by atoms with E-state index in [1.807, 2.05) is 33.0 Å². The van der Waals surface area contributed by atoms with Crippen molar-refractivity contribution in [1.82, 2.24) is 9.88 Å². The summed E-state index contributed by atoms with van der Waals surface area (Å²) in [4.78, 5) is 22.7. The molecular weight excluding hydrogens is 278 g/mol. The summed E-state index contributed by atoms with van der Waals surface area (Å²) in [5.74, 6) is 0.546. The predicted octanol–water partition coefficient (Wildman–Crippen LogP) is 1.93. The lowest BCUT2D eigenvalue weighted by Crippen LogP contribution is -2.34. The van der Waals surface area contributed by atoms with Crippen molar-refractivity contribution in [2.75, 3.05) is 12.4 Å². The third-order valence-electron chi connectivity index (χ3n) is 3.28. The first kappa shape index (κ1) is 15.5. The number of carbonyl (C=O) groups is 1. The Morgan fingerprint density at radius 2 is 2.14 bits per heavy atom. The van der Waals surface area contributed by atoms with E-state index in [0.717, 1.165) is 11.3 Å². The molecule has 2 rings (SSSR count). The van der Waals surface area contributed by atoms with Crippen molar-refractivity contribution >= 4 is 17.6 Å². The van der Waals surface area contributed by atoms with Crippen LogP contribution in [0.3, 0.4) is 0 Å². The minimum absolute atomic E-state index is 0.262. The minimum Gasteiger partial charge on any atom is -0.404 e. The predicted molar refractivity (Wildman–Crippen MR) is 88.0 cm³/mol. The van der Waals surface area contributed by atoms with Gasteiger partial charge in [0.15, 0.2) is 0 Å². The topological polar surface area (TPSA) is 83.6 Å². The van der Waals surface area contributed by atoms with Crippen molar-refractivity contribution < 1.29 is 4.79 Å². The normalized spacial score (nSPS) is 15.3. The molecule has 0 fully saturated rings. The van der Waals surface area contributed by atoms with E-state index in [0.29, 0.717) is 17.4 Å². The number of aliphatic imine (C=N–C) groups is 1. The van der Waals surface area contributed by atoms with Crippen LogP contribution >= 0.6 is 0 Å². The molecule has 0 unspecified atom stereocenters. The molecule has 0 saturated carbocycles. The molecule has 1 aliphatic heterocycles. The summed E-state index contributed by atoms with van der Waals surface area (Å²) in [6, 6.07) is 3.60. The molecule has 1 amide bonds. The Morgan fingerprint density at radius 1 is 1.41 bits per heavy atom. The molecule has 0 spiro atoms. The van der Waals surface area contributed by atoms with Crippen molar-refractivity contribution in [2.24, 2.45) is 10.7 Å². The number of nitrogens with zero attached hydrogens (tertiary/aromatic N) is 3. The van der Waals surface area contributed by atoms with Crippen molar-refractivity contribution in [3.63, 3.8) is 0 Å². The molecule has 0 saturated heterocycles. The highest BCUT2D eigenvalue weighted by Crippen LogP contribution is 2.19. The molecule has 114 valence electrons. The van der Waals surface area contributed by atoms with Gasteiger partial charge in [0.25, 0.3) is 5.91 Å². The molecule has 0 atom stereocenters. The molecule has 0 bridgehead atoms. The molecule has 0 aromatic carbocycles. The zero-order valence-electron chi connectivity index (χ0n) is 12.9. The van der Waals surface area contributed by atoms with Gasteiger partial charge in [-0.1, -0.05) is 12.6 Å². The molecule has 1 aromatic heterocycles. The number of nitrogens with two attached hydrogens (primary N) is 1. The Morgan fingerprint density at radius 3 is 2.73 bits per heavy atom. The van der Waals surface area contributed by atoms with Crippen LogP contribution < -0.4 is 11.1 Å². The van der Waals surface area contributed by atoms with Gasteiger partial charge in [-0.15, -0.1) is 0 Å². The van der Waals surface area contributed by atoms with Crippen molar-refractivity contribution in [2.45, 2.75) is 13.8 Å². The lowest BCUT2D eigenvalue weighted by atomic mass is 10.1. The number of anilines is 1. The van der Waals surface area contributed by atoms with Crippen LogP contribution in [0.1, 0.15) is 12.5 Å². The largest absolute Gasteiger partial charge is 0.404 e. The fraction of sp³-hybridized carbons (Fsp3) is 0.188. The number of amides is 1. The first-order chi connectivity index (χ1) is 10.4. The number of hydrogen-bond donors (Lipinski definition) is 2. The van der Waals surface area contributed by atoms with E-state index in [2.05, 4.69) is 21.9 Å². The average molecular weight is 297 g/mol.